The van der Waals surface area contributed by atoms with Crippen LogP contribution in [0.5, 0.6) is 0 Å². The lowest BCUT2D eigenvalue weighted by Gasteiger charge is -2.36. The fraction of sp³-hybridized carbons (Fsp3) is 0.400. The zero-order valence-corrected chi connectivity index (χ0v) is 20.9. The number of hydrogen-bond donors (Lipinski definition) is 2. The van der Waals surface area contributed by atoms with Gasteiger partial charge in [-0.25, -0.2) is 0 Å². The fourth-order valence-corrected chi connectivity index (χ4v) is 4.64. The molecule has 4 rings (SSSR count). The lowest BCUT2D eigenvalue weighted by molar-refractivity contribution is 0.261. The molecule has 4 nitrogen and oxygen atoms in total. The van der Waals surface area contributed by atoms with E-state index >= 15 is 0 Å². The van der Waals surface area contributed by atoms with Crippen molar-refractivity contribution >= 4 is 0 Å². The number of nitrogens with one attached hydrogen (secondary N) is 1. The summed E-state index contributed by atoms with van der Waals surface area (Å²) >= 11 is 0. The molecule has 0 saturated carbocycles. The number of hydrogen-bond acceptors (Lipinski definition) is 4. The first-order chi connectivity index (χ1) is 16.5. The number of benzene rings is 2. The standard InChI is InChI=1S/C22H31N3.C8H11N/c1-18-10-7-8-14-24(18)17-19(2)25-15-9-13-22(25)20(3)23-16-21-11-5-4-6-12-21;1-7(9)8-5-3-2-4-6-8/h4-6,11-12,22-23H,1-3,7-10,13-17H2;2-7H,9H2,1H3. The van der Waals surface area contributed by atoms with E-state index in [-0.39, 0.29) is 6.04 Å². The van der Waals surface area contributed by atoms with E-state index in [1.165, 1.54) is 41.8 Å². The minimum Gasteiger partial charge on any atom is -0.383 e. The Kier molecular flexibility index (Phi) is 9.84. The van der Waals surface area contributed by atoms with Crippen LogP contribution in [0.1, 0.15) is 56.2 Å². The van der Waals surface area contributed by atoms with Crippen LogP contribution >= 0.6 is 0 Å². The van der Waals surface area contributed by atoms with Crippen LogP contribution in [0, 0.1) is 0 Å². The molecule has 0 aromatic heterocycles. The Labute approximate surface area is 206 Å². The maximum atomic E-state index is 5.61. The summed E-state index contributed by atoms with van der Waals surface area (Å²) in [7, 11) is 0. The summed E-state index contributed by atoms with van der Waals surface area (Å²) < 4.78 is 0. The third-order valence-corrected chi connectivity index (χ3v) is 6.71. The summed E-state index contributed by atoms with van der Waals surface area (Å²) in [4.78, 5) is 4.85. The Morgan fingerprint density at radius 3 is 2.29 bits per heavy atom. The van der Waals surface area contributed by atoms with E-state index in [2.05, 4.69) is 65.2 Å². The van der Waals surface area contributed by atoms with Crippen LogP contribution in [-0.4, -0.2) is 35.5 Å². The average Bonchev–Trinajstić information content (AvgIpc) is 3.36. The van der Waals surface area contributed by atoms with E-state index in [4.69, 9.17) is 5.73 Å². The van der Waals surface area contributed by atoms with Gasteiger partial charge in [0.05, 0.1) is 12.6 Å². The Bertz CT molecular complexity index is 919. The highest BCUT2D eigenvalue weighted by molar-refractivity contribution is 5.19. The van der Waals surface area contributed by atoms with Crippen molar-refractivity contribution in [2.45, 2.75) is 57.7 Å². The van der Waals surface area contributed by atoms with Crippen molar-refractivity contribution in [3.63, 3.8) is 0 Å². The zero-order chi connectivity index (χ0) is 24.3. The van der Waals surface area contributed by atoms with Gasteiger partial charge in [-0.2, -0.15) is 0 Å². The second kappa shape index (κ2) is 13.0. The largest absolute Gasteiger partial charge is 0.383 e. The molecular weight excluding hydrogens is 416 g/mol. The number of rotatable bonds is 8. The van der Waals surface area contributed by atoms with Gasteiger partial charge in [0.2, 0.25) is 0 Å². The van der Waals surface area contributed by atoms with Crippen molar-refractivity contribution in [2.24, 2.45) is 5.73 Å². The van der Waals surface area contributed by atoms with Crippen molar-refractivity contribution in [1.82, 2.24) is 15.1 Å². The van der Waals surface area contributed by atoms with E-state index in [9.17, 15) is 0 Å². The highest BCUT2D eigenvalue weighted by atomic mass is 15.3. The predicted molar refractivity (Wildman–Crippen MR) is 145 cm³/mol. The van der Waals surface area contributed by atoms with Gasteiger partial charge >= 0.3 is 0 Å². The molecule has 2 aromatic carbocycles. The fourth-order valence-electron chi connectivity index (χ4n) is 4.64. The lowest BCUT2D eigenvalue weighted by Crippen LogP contribution is -2.39. The van der Waals surface area contributed by atoms with Crippen molar-refractivity contribution in [1.29, 1.82) is 0 Å². The second-order valence-electron chi connectivity index (χ2n) is 9.43. The molecule has 2 fully saturated rings. The topological polar surface area (TPSA) is 44.5 Å². The predicted octanol–water partition coefficient (Wildman–Crippen LogP) is 5.97. The van der Waals surface area contributed by atoms with Crippen molar-refractivity contribution in [3.8, 4) is 0 Å². The van der Waals surface area contributed by atoms with Crippen LogP contribution in [-0.2, 0) is 6.54 Å². The van der Waals surface area contributed by atoms with E-state index in [1.807, 2.05) is 37.3 Å². The molecule has 0 spiro atoms. The van der Waals surface area contributed by atoms with Crippen LogP contribution in [0.3, 0.4) is 0 Å². The summed E-state index contributed by atoms with van der Waals surface area (Å²) in [5, 5.41) is 3.53. The summed E-state index contributed by atoms with van der Waals surface area (Å²) in [5.74, 6) is 0. The molecule has 2 aliphatic rings. The Morgan fingerprint density at radius 2 is 1.68 bits per heavy atom. The van der Waals surface area contributed by atoms with Gasteiger partial charge in [0.1, 0.15) is 0 Å². The maximum absolute atomic E-state index is 5.61. The molecule has 2 saturated heterocycles. The number of piperidine rings is 1. The summed E-state index contributed by atoms with van der Waals surface area (Å²) in [6, 6.07) is 21.1. The molecule has 4 heteroatoms. The quantitative estimate of drug-likeness (QED) is 0.511. The lowest BCUT2D eigenvalue weighted by atomic mass is 10.1. The van der Waals surface area contributed by atoms with Gasteiger partial charge < -0.3 is 20.9 Å². The minimum atomic E-state index is 0.159. The Morgan fingerprint density at radius 1 is 1.00 bits per heavy atom. The smallest absolute Gasteiger partial charge is 0.0680 e. The van der Waals surface area contributed by atoms with Crippen LogP contribution in [0.15, 0.2) is 97.5 Å². The maximum Gasteiger partial charge on any atom is 0.0680 e. The molecule has 2 heterocycles. The molecule has 2 aliphatic heterocycles. The van der Waals surface area contributed by atoms with Crippen LogP contribution in [0.2, 0.25) is 0 Å². The van der Waals surface area contributed by atoms with Crippen LogP contribution in [0.4, 0.5) is 0 Å². The van der Waals surface area contributed by atoms with Crippen LogP contribution in [0.25, 0.3) is 0 Å². The molecule has 0 amide bonds. The van der Waals surface area contributed by atoms with Crippen molar-refractivity contribution in [3.05, 3.63) is 109 Å². The van der Waals surface area contributed by atoms with Gasteiger partial charge in [-0.05, 0) is 50.2 Å². The van der Waals surface area contributed by atoms with E-state index in [0.29, 0.717) is 6.04 Å². The van der Waals surface area contributed by atoms with Gasteiger partial charge in [-0.1, -0.05) is 80.4 Å². The summed E-state index contributed by atoms with van der Waals surface area (Å²) in [5.41, 5.74) is 11.7. The first-order valence-electron chi connectivity index (χ1n) is 12.6. The highest BCUT2D eigenvalue weighted by Crippen LogP contribution is 2.27. The SMILES string of the molecule is C=C(NCc1ccccc1)C1CCCN1C(=C)CN1CCCCC1=C.CC(N)c1ccccc1. The molecule has 0 bridgehead atoms. The summed E-state index contributed by atoms with van der Waals surface area (Å²) in [6.45, 7) is 18.9. The highest BCUT2D eigenvalue weighted by Gasteiger charge is 2.28. The average molecular weight is 459 g/mol. The van der Waals surface area contributed by atoms with Gasteiger partial charge in [0.15, 0.2) is 0 Å². The van der Waals surface area contributed by atoms with E-state index in [1.54, 1.807) is 0 Å². The number of nitrogens with zero attached hydrogens (tertiary/aromatic N) is 2. The van der Waals surface area contributed by atoms with Gasteiger partial charge in [0.25, 0.3) is 0 Å². The molecule has 34 heavy (non-hydrogen) atoms. The monoisotopic (exact) mass is 458 g/mol. The summed E-state index contributed by atoms with van der Waals surface area (Å²) in [6.07, 6.45) is 6.02. The molecular formula is C30H42N4. The molecule has 2 aromatic rings. The Hall–Kier alpha value is -2.98. The molecule has 0 aliphatic carbocycles. The minimum absolute atomic E-state index is 0.159. The van der Waals surface area contributed by atoms with Crippen molar-refractivity contribution < 1.29 is 0 Å². The van der Waals surface area contributed by atoms with E-state index < -0.39 is 0 Å². The molecule has 3 N–H and O–H groups in total. The van der Waals surface area contributed by atoms with E-state index in [0.717, 1.165) is 44.7 Å². The van der Waals surface area contributed by atoms with Crippen molar-refractivity contribution in [2.75, 3.05) is 19.6 Å². The van der Waals surface area contributed by atoms with Gasteiger partial charge in [-0.3, -0.25) is 0 Å². The molecule has 182 valence electrons. The zero-order valence-electron chi connectivity index (χ0n) is 20.9. The number of allylic oxidation sites excluding steroid dienone is 1. The number of nitrogens with two attached hydrogens (primary N) is 1. The first-order valence-corrected chi connectivity index (χ1v) is 12.6. The van der Waals surface area contributed by atoms with Crippen LogP contribution < -0.4 is 11.1 Å². The first kappa shape index (κ1) is 25.6. The molecule has 2 unspecified atom stereocenters. The Balaban J connectivity index is 0.000000302. The molecule has 2 atom stereocenters. The number of likely N-dealkylation sites (tertiary alicyclic amines) is 2. The van der Waals surface area contributed by atoms with Gasteiger partial charge in [-0.15, -0.1) is 0 Å². The second-order valence-corrected chi connectivity index (χ2v) is 9.43. The van der Waals surface area contributed by atoms with Gasteiger partial charge in [0, 0.05) is 42.8 Å². The molecule has 0 radical (unpaired) electrons. The third kappa shape index (κ3) is 7.53. The third-order valence-electron chi connectivity index (χ3n) is 6.71. The normalized spacial score (nSPS) is 18.6.